The summed E-state index contributed by atoms with van der Waals surface area (Å²) in [5, 5.41) is 9.65. The maximum absolute atomic E-state index is 9.65. The van der Waals surface area contributed by atoms with E-state index in [9.17, 15) is 5.11 Å². The average molecular weight is 254 g/mol. The molecule has 0 bridgehead atoms. The van der Waals surface area contributed by atoms with Gasteiger partial charge in [-0.05, 0) is 32.3 Å². The largest absolute Gasteiger partial charge is 0.389 e. The van der Waals surface area contributed by atoms with Crippen molar-refractivity contribution in [2.24, 2.45) is 0 Å². The first kappa shape index (κ1) is 12.3. The van der Waals surface area contributed by atoms with Crippen molar-refractivity contribution in [2.45, 2.75) is 38.2 Å². The maximum atomic E-state index is 9.65. The van der Waals surface area contributed by atoms with E-state index < -0.39 is 6.10 Å². The SMILES string of the molecule is Cc1nc(C2(c3ccccc3)CC2)ncc1[C@@H](C)O. The molecule has 3 heteroatoms. The minimum Gasteiger partial charge on any atom is -0.389 e. The fourth-order valence-electron chi connectivity index (χ4n) is 2.64. The predicted molar refractivity (Wildman–Crippen MR) is 73.9 cm³/mol. The number of nitrogens with zero attached hydrogens (tertiary/aromatic N) is 2. The zero-order chi connectivity index (χ0) is 13.5. The van der Waals surface area contributed by atoms with E-state index in [0.717, 1.165) is 29.9 Å². The van der Waals surface area contributed by atoms with Gasteiger partial charge in [0.1, 0.15) is 5.82 Å². The van der Waals surface area contributed by atoms with Gasteiger partial charge in [-0.2, -0.15) is 0 Å². The summed E-state index contributed by atoms with van der Waals surface area (Å²) < 4.78 is 0. The molecule has 0 unspecified atom stereocenters. The summed E-state index contributed by atoms with van der Waals surface area (Å²) in [4.78, 5) is 9.13. The first-order valence-electron chi connectivity index (χ1n) is 6.71. The molecule has 1 fully saturated rings. The minimum atomic E-state index is -0.513. The van der Waals surface area contributed by atoms with Crippen molar-refractivity contribution < 1.29 is 5.11 Å². The molecule has 3 rings (SSSR count). The zero-order valence-corrected chi connectivity index (χ0v) is 11.3. The Morgan fingerprint density at radius 1 is 1.21 bits per heavy atom. The second kappa shape index (κ2) is 4.42. The molecule has 0 radical (unpaired) electrons. The molecule has 98 valence electrons. The van der Waals surface area contributed by atoms with E-state index in [0.29, 0.717) is 0 Å². The summed E-state index contributed by atoms with van der Waals surface area (Å²) >= 11 is 0. The topological polar surface area (TPSA) is 46.0 Å². The van der Waals surface area contributed by atoms with Crippen LogP contribution in [-0.2, 0) is 5.41 Å². The third-order valence-corrected chi connectivity index (χ3v) is 3.97. The Morgan fingerprint density at radius 3 is 2.42 bits per heavy atom. The Labute approximate surface area is 113 Å². The second-order valence-corrected chi connectivity index (χ2v) is 5.36. The number of rotatable bonds is 3. The third-order valence-electron chi connectivity index (χ3n) is 3.97. The highest BCUT2D eigenvalue weighted by molar-refractivity contribution is 5.39. The first-order valence-corrected chi connectivity index (χ1v) is 6.71. The Balaban J connectivity index is 2.02. The van der Waals surface area contributed by atoms with Crippen LogP contribution in [0.5, 0.6) is 0 Å². The molecule has 1 atom stereocenters. The standard InChI is InChI=1S/C16H18N2O/c1-11-14(12(2)19)10-17-15(18-11)16(8-9-16)13-6-4-3-5-7-13/h3-7,10,12,19H,8-9H2,1-2H3/t12-/m1/s1. The normalized spacial score (nSPS) is 18.1. The van der Waals surface area contributed by atoms with Crippen molar-refractivity contribution in [3.8, 4) is 0 Å². The van der Waals surface area contributed by atoms with Gasteiger partial charge in [0, 0.05) is 17.5 Å². The summed E-state index contributed by atoms with van der Waals surface area (Å²) in [6, 6.07) is 10.4. The van der Waals surface area contributed by atoms with Crippen molar-refractivity contribution in [3.05, 3.63) is 59.2 Å². The van der Waals surface area contributed by atoms with Crippen molar-refractivity contribution in [3.63, 3.8) is 0 Å². The molecule has 0 amide bonds. The monoisotopic (exact) mass is 254 g/mol. The van der Waals surface area contributed by atoms with Crippen molar-refractivity contribution in [1.29, 1.82) is 0 Å². The van der Waals surface area contributed by atoms with E-state index in [1.54, 1.807) is 13.1 Å². The lowest BCUT2D eigenvalue weighted by molar-refractivity contribution is 0.197. The van der Waals surface area contributed by atoms with Crippen LogP contribution >= 0.6 is 0 Å². The van der Waals surface area contributed by atoms with E-state index >= 15 is 0 Å². The number of hydrogen-bond acceptors (Lipinski definition) is 3. The molecule has 1 aromatic heterocycles. The summed E-state index contributed by atoms with van der Waals surface area (Å²) in [5.74, 6) is 0.889. The average Bonchev–Trinajstić information content (AvgIpc) is 3.20. The molecule has 19 heavy (non-hydrogen) atoms. The van der Waals surface area contributed by atoms with E-state index in [1.807, 2.05) is 13.0 Å². The molecule has 0 saturated heterocycles. The lowest BCUT2D eigenvalue weighted by Crippen LogP contribution is -2.15. The molecule has 0 aliphatic heterocycles. The van der Waals surface area contributed by atoms with E-state index in [-0.39, 0.29) is 5.41 Å². The Kier molecular flexibility index (Phi) is 2.86. The molecular formula is C16H18N2O. The second-order valence-electron chi connectivity index (χ2n) is 5.36. The summed E-state index contributed by atoms with van der Waals surface area (Å²) in [6.45, 7) is 3.68. The van der Waals surface area contributed by atoms with Gasteiger partial charge in [-0.25, -0.2) is 9.97 Å². The third kappa shape index (κ3) is 2.04. The molecular weight excluding hydrogens is 236 g/mol. The molecule has 3 nitrogen and oxygen atoms in total. The fraction of sp³-hybridized carbons (Fsp3) is 0.375. The first-order chi connectivity index (χ1) is 9.13. The van der Waals surface area contributed by atoms with Crippen LogP contribution in [0, 0.1) is 6.92 Å². The van der Waals surface area contributed by atoms with Gasteiger partial charge >= 0.3 is 0 Å². The summed E-state index contributed by atoms with van der Waals surface area (Å²) in [6.07, 6.45) is 3.46. The number of aliphatic hydroxyl groups excluding tert-OH is 1. The van der Waals surface area contributed by atoms with Gasteiger partial charge in [0.2, 0.25) is 0 Å². The van der Waals surface area contributed by atoms with Crippen LogP contribution < -0.4 is 0 Å². The van der Waals surface area contributed by atoms with E-state index in [4.69, 9.17) is 0 Å². The minimum absolute atomic E-state index is 0.00322. The number of hydrogen-bond donors (Lipinski definition) is 1. The van der Waals surface area contributed by atoms with E-state index in [1.165, 1.54) is 5.56 Å². The van der Waals surface area contributed by atoms with Crippen LogP contribution in [0.1, 0.15) is 48.5 Å². The lowest BCUT2D eigenvalue weighted by atomic mass is 9.95. The van der Waals surface area contributed by atoms with Crippen LogP contribution in [-0.4, -0.2) is 15.1 Å². The molecule has 0 spiro atoms. The Morgan fingerprint density at radius 2 is 1.89 bits per heavy atom. The van der Waals surface area contributed by atoms with Crippen LogP contribution in [0.4, 0.5) is 0 Å². The molecule has 1 heterocycles. The van der Waals surface area contributed by atoms with Crippen molar-refractivity contribution >= 4 is 0 Å². The van der Waals surface area contributed by atoms with Crippen LogP contribution in [0.2, 0.25) is 0 Å². The number of benzene rings is 1. The molecule has 2 aromatic rings. The van der Waals surface area contributed by atoms with Gasteiger partial charge in [-0.3, -0.25) is 0 Å². The van der Waals surface area contributed by atoms with Gasteiger partial charge in [-0.1, -0.05) is 30.3 Å². The fourth-order valence-corrected chi connectivity index (χ4v) is 2.64. The summed E-state index contributed by atoms with van der Waals surface area (Å²) in [5.41, 5.74) is 2.98. The zero-order valence-electron chi connectivity index (χ0n) is 11.3. The van der Waals surface area contributed by atoms with Crippen LogP contribution in [0.25, 0.3) is 0 Å². The van der Waals surface area contributed by atoms with Gasteiger partial charge in [0.05, 0.1) is 11.5 Å². The smallest absolute Gasteiger partial charge is 0.139 e. The van der Waals surface area contributed by atoms with Crippen LogP contribution in [0.3, 0.4) is 0 Å². The van der Waals surface area contributed by atoms with Gasteiger partial charge < -0.3 is 5.11 Å². The highest BCUT2D eigenvalue weighted by atomic mass is 16.3. The van der Waals surface area contributed by atoms with Crippen molar-refractivity contribution in [1.82, 2.24) is 9.97 Å². The lowest BCUT2D eigenvalue weighted by Gasteiger charge is -2.16. The molecule has 1 aromatic carbocycles. The highest BCUT2D eigenvalue weighted by Crippen LogP contribution is 2.52. The van der Waals surface area contributed by atoms with Gasteiger partial charge in [0.25, 0.3) is 0 Å². The predicted octanol–water partition coefficient (Wildman–Crippen LogP) is 2.92. The highest BCUT2D eigenvalue weighted by Gasteiger charge is 2.48. The van der Waals surface area contributed by atoms with Crippen LogP contribution in [0.15, 0.2) is 36.5 Å². The van der Waals surface area contributed by atoms with Crippen molar-refractivity contribution in [2.75, 3.05) is 0 Å². The number of aromatic nitrogens is 2. The Hall–Kier alpha value is -1.74. The number of aliphatic hydroxyl groups is 1. The molecule has 1 N–H and O–H groups in total. The molecule has 1 aliphatic rings. The van der Waals surface area contributed by atoms with Gasteiger partial charge in [-0.15, -0.1) is 0 Å². The summed E-state index contributed by atoms with van der Waals surface area (Å²) in [7, 11) is 0. The quantitative estimate of drug-likeness (QED) is 0.916. The molecule has 1 aliphatic carbocycles. The number of aryl methyl sites for hydroxylation is 1. The molecule has 1 saturated carbocycles. The maximum Gasteiger partial charge on any atom is 0.139 e. The Bertz CT molecular complexity index is 589. The van der Waals surface area contributed by atoms with Gasteiger partial charge in [0.15, 0.2) is 0 Å². The van der Waals surface area contributed by atoms with E-state index in [2.05, 4.69) is 34.2 Å².